The summed E-state index contributed by atoms with van der Waals surface area (Å²) in [5, 5.41) is 28.8. The Balaban J connectivity index is 1.68. The number of carbonyl (C=O) groups excluding carboxylic acids is 1. The maximum atomic E-state index is 11.5. The first-order valence-electron chi connectivity index (χ1n) is 8.79. The molecule has 1 unspecified atom stereocenters. The van der Waals surface area contributed by atoms with Gasteiger partial charge < -0.3 is 15.3 Å². The highest BCUT2D eigenvalue weighted by molar-refractivity contribution is 5.81. The number of hydrogen-bond acceptors (Lipinski definition) is 4. The van der Waals surface area contributed by atoms with Crippen molar-refractivity contribution in [2.45, 2.75) is 70.0 Å². The van der Waals surface area contributed by atoms with Crippen LogP contribution in [-0.2, 0) is 4.79 Å². The summed E-state index contributed by atoms with van der Waals surface area (Å²) in [7, 11) is 0. The van der Waals surface area contributed by atoms with Crippen molar-refractivity contribution in [3.63, 3.8) is 0 Å². The predicted molar refractivity (Wildman–Crippen MR) is 85.3 cm³/mol. The van der Waals surface area contributed by atoms with Gasteiger partial charge in [-0.3, -0.25) is 4.79 Å². The molecule has 0 saturated heterocycles. The van der Waals surface area contributed by atoms with E-state index >= 15 is 0 Å². The van der Waals surface area contributed by atoms with E-state index in [1.54, 1.807) is 0 Å². The van der Waals surface area contributed by atoms with Gasteiger partial charge in [-0.05, 0) is 31.1 Å². The SMILES string of the molecule is O=C1C[C@H]2C[C@@H](O)[C@H](C=CC(O)CCCCCCCO)[C@@H]2C1. The second-order valence-corrected chi connectivity index (χ2v) is 6.98. The first-order valence-corrected chi connectivity index (χ1v) is 8.79. The fourth-order valence-electron chi connectivity index (χ4n) is 4.04. The summed E-state index contributed by atoms with van der Waals surface area (Å²) in [5.41, 5.74) is 0. The molecule has 0 amide bonds. The van der Waals surface area contributed by atoms with Crippen molar-refractivity contribution in [2.24, 2.45) is 17.8 Å². The number of fused-ring (bicyclic) bond motifs is 1. The molecule has 126 valence electrons. The zero-order chi connectivity index (χ0) is 15.9. The van der Waals surface area contributed by atoms with Gasteiger partial charge in [-0.25, -0.2) is 0 Å². The maximum Gasteiger partial charge on any atom is 0.133 e. The van der Waals surface area contributed by atoms with E-state index < -0.39 is 6.10 Å². The Labute approximate surface area is 133 Å². The normalized spacial score (nSPS) is 32.8. The summed E-state index contributed by atoms with van der Waals surface area (Å²) in [6.07, 6.45) is 10.7. The quantitative estimate of drug-likeness (QED) is 0.451. The Bertz CT molecular complexity index is 379. The van der Waals surface area contributed by atoms with Crippen molar-refractivity contribution in [1.82, 2.24) is 0 Å². The minimum atomic E-state index is -0.457. The Morgan fingerprint density at radius 2 is 1.86 bits per heavy atom. The number of Topliss-reactive ketones (excluding diaryl/α,β-unsaturated/α-hetero) is 1. The van der Waals surface area contributed by atoms with Crippen LogP contribution in [-0.4, -0.2) is 39.9 Å². The molecular weight excluding hydrogens is 280 g/mol. The van der Waals surface area contributed by atoms with Crippen LogP contribution in [0.5, 0.6) is 0 Å². The molecule has 0 bridgehead atoms. The van der Waals surface area contributed by atoms with E-state index in [0.717, 1.165) is 44.9 Å². The molecule has 22 heavy (non-hydrogen) atoms. The first-order chi connectivity index (χ1) is 10.6. The lowest BCUT2D eigenvalue weighted by Crippen LogP contribution is -2.18. The van der Waals surface area contributed by atoms with Crippen LogP contribution >= 0.6 is 0 Å². The van der Waals surface area contributed by atoms with Gasteiger partial charge in [-0.15, -0.1) is 0 Å². The number of ketones is 1. The molecule has 4 heteroatoms. The molecular formula is C18H30O4. The molecule has 4 nitrogen and oxygen atoms in total. The van der Waals surface area contributed by atoms with Gasteiger partial charge in [0.1, 0.15) is 5.78 Å². The standard InChI is InChI=1S/C18H30O4/c19-9-5-3-1-2-4-6-14(20)7-8-16-17-12-15(21)10-13(17)11-18(16)22/h7-8,13-14,16-20,22H,1-6,9-12H2/t13-,14?,16+,17+,18+/m0/s1. The zero-order valence-corrected chi connectivity index (χ0v) is 13.4. The third-order valence-corrected chi connectivity index (χ3v) is 5.26. The molecule has 2 fully saturated rings. The fraction of sp³-hybridized carbons (Fsp3) is 0.833. The third-order valence-electron chi connectivity index (χ3n) is 5.26. The Kier molecular flexibility index (Phi) is 7.06. The maximum absolute atomic E-state index is 11.5. The van der Waals surface area contributed by atoms with Crippen molar-refractivity contribution >= 4 is 5.78 Å². The Morgan fingerprint density at radius 3 is 2.64 bits per heavy atom. The lowest BCUT2D eigenvalue weighted by molar-refractivity contribution is -0.118. The van der Waals surface area contributed by atoms with Crippen molar-refractivity contribution in [1.29, 1.82) is 0 Å². The molecule has 0 aliphatic heterocycles. The number of rotatable bonds is 9. The van der Waals surface area contributed by atoms with E-state index in [-0.39, 0.29) is 24.5 Å². The van der Waals surface area contributed by atoms with Crippen molar-refractivity contribution in [3.8, 4) is 0 Å². The number of unbranched alkanes of at least 4 members (excludes halogenated alkanes) is 4. The topological polar surface area (TPSA) is 77.8 Å². The minimum Gasteiger partial charge on any atom is -0.396 e. The second-order valence-electron chi connectivity index (χ2n) is 6.98. The third kappa shape index (κ3) is 4.90. The molecule has 3 N–H and O–H groups in total. The lowest BCUT2D eigenvalue weighted by atomic mass is 9.90. The largest absolute Gasteiger partial charge is 0.396 e. The summed E-state index contributed by atoms with van der Waals surface area (Å²) in [4.78, 5) is 11.5. The summed E-state index contributed by atoms with van der Waals surface area (Å²) in [5.74, 6) is 0.990. The van der Waals surface area contributed by atoms with Gasteiger partial charge in [0.25, 0.3) is 0 Å². The zero-order valence-electron chi connectivity index (χ0n) is 13.4. The number of aliphatic hydroxyl groups is 3. The van der Waals surface area contributed by atoms with E-state index in [1.165, 1.54) is 0 Å². The first kappa shape index (κ1) is 17.6. The molecule has 0 heterocycles. The number of carbonyl (C=O) groups is 1. The van der Waals surface area contributed by atoms with E-state index in [1.807, 2.05) is 12.2 Å². The average Bonchev–Trinajstić information content (AvgIpc) is 2.96. The number of aliphatic hydroxyl groups excluding tert-OH is 3. The highest BCUT2D eigenvalue weighted by atomic mass is 16.3. The van der Waals surface area contributed by atoms with E-state index in [4.69, 9.17) is 5.11 Å². The molecule has 5 atom stereocenters. The van der Waals surface area contributed by atoms with Gasteiger partial charge in [0, 0.05) is 25.4 Å². The molecule has 0 aromatic heterocycles. The highest BCUT2D eigenvalue weighted by Crippen LogP contribution is 2.46. The molecule has 0 aromatic carbocycles. The highest BCUT2D eigenvalue weighted by Gasteiger charge is 2.46. The molecule has 0 spiro atoms. The summed E-state index contributed by atoms with van der Waals surface area (Å²) in [6.45, 7) is 0.264. The van der Waals surface area contributed by atoms with E-state index in [0.29, 0.717) is 24.5 Å². The van der Waals surface area contributed by atoms with Crippen LogP contribution < -0.4 is 0 Å². The van der Waals surface area contributed by atoms with Gasteiger partial charge in [0.2, 0.25) is 0 Å². The van der Waals surface area contributed by atoms with E-state index in [2.05, 4.69) is 0 Å². The molecule has 0 aromatic rings. The Hall–Kier alpha value is -0.710. The monoisotopic (exact) mass is 310 g/mol. The molecule has 2 saturated carbocycles. The van der Waals surface area contributed by atoms with Crippen LogP contribution in [0.2, 0.25) is 0 Å². The van der Waals surface area contributed by atoms with E-state index in [9.17, 15) is 15.0 Å². The number of hydrogen-bond donors (Lipinski definition) is 3. The average molecular weight is 310 g/mol. The Morgan fingerprint density at radius 1 is 1.14 bits per heavy atom. The lowest BCUT2D eigenvalue weighted by Gasteiger charge is -2.17. The second kappa shape index (κ2) is 8.80. The van der Waals surface area contributed by atoms with Gasteiger partial charge in [-0.1, -0.05) is 37.8 Å². The fourth-order valence-corrected chi connectivity index (χ4v) is 4.04. The summed E-state index contributed by atoms with van der Waals surface area (Å²) in [6, 6.07) is 0. The van der Waals surface area contributed by atoms with Crippen LogP contribution in [0.1, 0.15) is 57.8 Å². The smallest absolute Gasteiger partial charge is 0.133 e. The minimum absolute atomic E-state index is 0.0376. The van der Waals surface area contributed by atoms with Crippen LogP contribution in [0.25, 0.3) is 0 Å². The van der Waals surface area contributed by atoms with Gasteiger partial charge in [0.05, 0.1) is 12.2 Å². The molecule has 2 aliphatic carbocycles. The molecule has 0 radical (unpaired) electrons. The van der Waals surface area contributed by atoms with Crippen molar-refractivity contribution in [2.75, 3.05) is 6.61 Å². The summed E-state index contributed by atoms with van der Waals surface area (Å²) < 4.78 is 0. The molecule has 2 aliphatic rings. The van der Waals surface area contributed by atoms with Crippen molar-refractivity contribution in [3.05, 3.63) is 12.2 Å². The van der Waals surface area contributed by atoms with Crippen LogP contribution in [0.3, 0.4) is 0 Å². The summed E-state index contributed by atoms with van der Waals surface area (Å²) >= 11 is 0. The van der Waals surface area contributed by atoms with Gasteiger partial charge in [0.15, 0.2) is 0 Å². The van der Waals surface area contributed by atoms with Gasteiger partial charge in [-0.2, -0.15) is 0 Å². The molecule has 2 rings (SSSR count). The van der Waals surface area contributed by atoms with Crippen LogP contribution in [0, 0.1) is 17.8 Å². The van der Waals surface area contributed by atoms with Crippen LogP contribution in [0.15, 0.2) is 12.2 Å². The van der Waals surface area contributed by atoms with Crippen LogP contribution in [0.4, 0.5) is 0 Å². The van der Waals surface area contributed by atoms with Gasteiger partial charge >= 0.3 is 0 Å². The predicted octanol–water partition coefficient (Wildman–Crippen LogP) is 2.21. The van der Waals surface area contributed by atoms with Crippen molar-refractivity contribution < 1.29 is 20.1 Å².